The summed E-state index contributed by atoms with van der Waals surface area (Å²) in [5.74, 6) is -0.501. The minimum atomic E-state index is -0.855. The van der Waals surface area contributed by atoms with Crippen molar-refractivity contribution in [2.24, 2.45) is 0 Å². The van der Waals surface area contributed by atoms with E-state index in [1.807, 2.05) is 0 Å². The van der Waals surface area contributed by atoms with Gasteiger partial charge in [-0.05, 0) is 26.2 Å². The van der Waals surface area contributed by atoms with Gasteiger partial charge in [0.1, 0.15) is 4.88 Å². The third kappa shape index (κ3) is 3.30. The molecule has 0 saturated heterocycles. The minimum absolute atomic E-state index is 0.324. The molecule has 112 valence electrons. The largest absolute Gasteiger partial charge is 0.477 e. The second-order valence-corrected chi connectivity index (χ2v) is 6.21. The number of ether oxygens (including phenoxy) is 1. The smallest absolute Gasteiger partial charge is 0.347 e. The molecule has 1 N–H and O–H groups in total. The van der Waals surface area contributed by atoms with Crippen LogP contribution in [0.4, 0.5) is 5.13 Å². The maximum Gasteiger partial charge on any atom is 0.347 e. The number of anilines is 1. The topological polar surface area (TPSA) is 62.7 Å². The summed E-state index contributed by atoms with van der Waals surface area (Å²) in [5, 5.41) is 10.2. The first-order chi connectivity index (χ1) is 9.58. The second kappa shape index (κ2) is 6.54. The van der Waals surface area contributed by atoms with Crippen molar-refractivity contribution in [2.75, 3.05) is 25.2 Å². The Morgan fingerprint density at radius 1 is 1.60 bits per heavy atom. The monoisotopic (exact) mass is 298 g/mol. The van der Waals surface area contributed by atoms with Gasteiger partial charge in [0.2, 0.25) is 0 Å². The van der Waals surface area contributed by atoms with Crippen molar-refractivity contribution in [1.82, 2.24) is 4.98 Å². The lowest BCUT2D eigenvalue weighted by atomic mass is 10.2. The molecule has 0 spiro atoms. The lowest BCUT2D eigenvalue weighted by molar-refractivity contribution is 0.0700. The van der Waals surface area contributed by atoms with Gasteiger partial charge in [0.15, 0.2) is 5.13 Å². The van der Waals surface area contributed by atoms with E-state index in [0.29, 0.717) is 23.4 Å². The van der Waals surface area contributed by atoms with Gasteiger partial charge in [0.05, 0.1) is 12.3 Å². The normalized spacial score (nSPS) is 16.1. The van der Waals surface area contributed by atoms with E-state index in [1.165, 1.54) is 11.3 Å². The molecule has 1 aromatic rings. The zero-order valence-corrected chi connectivity index (χ0v) is 13.1. The van der Waals surface area contributed by atoms with Crippen LogP contribution in [0.5, 0.6) is 0 Å². The first-order valence-corrected chi connectivity index (χ1v) is 7.89. The van der Waals surface area contributed by atoms with Gasteiger partial charge in [-0.1, -0.05) is 18.3 Å². The second-order valence-electron chi connectivity index (χ2n) is 5.23. The van der Waals surface area contributed by atoms with E-state index in [0.717, 1.165) is 36.6 Å². The number of aromatic nitrogens is 1. The number of thiazole rings is 1. The van der Waals surface area contributed by atoms with E-state index in [1.54, 1.807) is 7.11 Å². The maximum atomic E-state index is 11.4. The van der Waals surface area contributed by atoms with Crippen molar-refractivity contribution < 1.29 is 14.6 Å². The molecule has 1 unspecified atom stereocenters. The number of nitrogens with zero attached hydrogens (tertiary/aromatic N) is 2. The number of rotatable bonds is 8. The molecule has 1 aromatic heterocycles. The molecule has 1 heterocycles. The zero-order valence-electron chi connectivity index (χ0n) is 12.3. The Balaban J connectivity index is 2.27. The Morgan fingerprint density at radius 3 is 2.80 bits per heavy atom. The van der Waals surface area contributed by atoms with E-state index in [2.05, 4.69) is 23.7 Å². The van der Waals surface area contributed by atoms with Gasteiger partial charge in [0, 0.05) is 25.6 Å². The van der Waals surface area contributed by atoms with Crippen LogP contribution in [0.1, 0.15) is 54.4 Å². The van der Waals surface area contributed by atoms with Crippen molar-refractivity contribution in [3.05, 3.63) is 10.6 Å². The predicted molar refractivity (Wildman–Crippen MR) is 80.0 cm³/mol. The Hall–Kier alpha value is -1.14. The van der Waals surface area contributed by atoms with Crippen LogP contribution in [-0.2, 0) is 4.74 Å². The molecule has 0 amide bonds. The molecule has 1 saturated carbocycles. The number of carboxylic acids is 1. The van der Waals surface area contributed by atoms with E-state index in [9.17, 15) is 9.90 Å². The fraction of sp³-hybridized carbons (Fsp3) is 0.714. The SMILES string of the molecule is CCC(C)N(CCOC)c1nc(C2CC2)c(C(=O)O)s1. The molecule has 0 bridgehead atoms. The van der Waals surface area contributed by atoms with Gasteiger partial charge >= 0.3 is 5.97 Å². The molecular formula is C14H22N2O3S. The molecule has 6 heteroatoms. The average molecular weight is 298 g/mol. The third-order valence-electron chi connectivity index (χ3n) is 3.71. The summed E-state index contributed by atoms with van der Waals surface area (Å²) in [5.41, 5.74) is 0.781. The fourth-order valence-corrected chi connectivity index (χ4v) is 3.26. The zero-order chi connectivity index (χ0) is 14.7. The standard InChI is InChI=1S/C14H22N2O3S/c1-4-9(2)16(7-8-19-3)14-15-11(10-5-6-10)12(20-14)13(17)18/h9-10H,4-8H2,1-3H3,(H,17,18). The molecular weight excluding hydrogens is 276 g/mol. The van der Waals surface area contributed by atoms with Crippen molar-refractivity contribution in [3.8, 4) is 0 Å². The molecule has 1 aliphatic rings. The van der Waals surface area contributed by atoms with Crippen molar-refractivity contribution >= 4 is 22.4 Å². The lowest BCUT2D eigenvalue weighted by Crippen LogP contribution is -2.35. The minimum Gasteiger partial charge on any atom is -0.477 e. The van der Waals surface area contributed by atoms with Gasteiger partial charge in [0.25, 0.3) is 0 Å². The average Bonchev–Trinajstić information content (AvgIpc) is 3.18. The van der Waals surface area contributed by atoms with Gasteiger partial charge < -0.3 is 14.7 Å². The molecule has 0 aromatic carbocycles. The summed E-state index contributed by atoms with van der Waals surface area (Å²) in [6.45, 7) is 5.61. The number of aromatic carboxylic acids is 1. The van der Waals surface area contributed by atoms with Gasteiger partial charge in [-0.2, -0.15) is 0 Å². The van der Waals surface area contributed by atoms with Crippen molar-refractivity contribution in [3.63, 3.8) is 0 Å². The highest BCUT2D eigenvalue weighted by Crippen LogP contribution is 2.44. The molecule has 1 aliphatic carbocycles. The van der Waals surface area contributed by atoms with Crippen LogP contribution >= 0.6 is 11.3 Å². The summed E-state index contributed by atoms with van der Waals surface area (Å²) >= 11 is 1.30. The van der Waals surface area contributed by atoms with Gasteiger partial charge in [-0.25, -0.2) is 9.78 Å². The molecule has 2 rings (SSSR count). The van der Waals surface area contributed by atoms with Crippen LogP contribution in [0.2, 0.25) is 0 Å². The third-order valence-corrected chi connectivity index (χ3v) is 4.80. The van der Waals surface area contributed by atoms with Gasteiger partial charge in [-0.15, -0.1) is 0 Å². The molecule has 5 nitrogen and oxygen atoms in total. The maximum absolute atomic E-state index is 11.4. The Labute approximate surface area is 123 Å². The van der Waals surface area contributed by atoms with E-state index >= 15 is 0 Å². The van der Waals surface area contributed by atoms with Crippen LogP contribution in [-0.4, -0.2) is 42.4 Å². The number of hydrogen-bond donors (Lipinski definition) is 1. The van der Waals surface area contributed by atoms with Crippen LogP contribution in [0.3, 0.4) is 0 Å². The summed E-state index contributed by atoms with van der Waals surface area (Å²) in [6.07, 6.45) is 3.11. The lowest BCUT2D eigenvalue weighted by Gasteiger charge is -2.27. The quantitative estimate of drug-likeness (QED) is 0.799. The number of methoxy groups -OCH3 is 1. The van der Waals surface area contributed by atoms with Crippen LogP contribution in [0.25, 0.3) is 0 Å². The summed E-state index contributed by atoms with van der Waals surface area (Å²) < 4.78 is 5.15. The molecule has 1 fully saturated rings. The number of hydrogen-bond acceptors (Lipinski definition) is 5. The first kappa shape index (κ1) is 15.3. The number of carboxylic acid groups (broad SMARTS) is 1. The summed E-state index contributed by atoms with van der Waals surface area (Å²) in [6, 6.07) is 0.324. The van der Waals surface area contributed by atoms with Gasteiger partial charge in [-0.3, -0.25) is 0 Å². The molecule has 1 atom stereocenters. The molecule has 20 heavy (non-hydrogen) atoms. The summed E-state index contributed by atoms with van der Waals surface area (Å²) in [7, 11) is 1.68. The Morgan fingerprint density at radius 2 is 2.30 bits per heavy atom. The molecule has 0 radical (unpaired) electrons. The fourth-order valence-electron chi connectivity index (χ4n) is 2.14. The Kier molecular flexibility index (Phi) is 4.99. The number of carbonyl (C=O) groups is 1. The van der Waals surface area contributed by atoms with Crippen molar-refractivity contribution in [2.45, 2.75) is 45.1 Å². The van der Waals surface area contributed by atoms with Crippen LogP contribution < -0.4 is 4.90 Å². The highest BCUT2D eigenvalue weighted by Gasteiger charge is 2.33. The van der Waals surface area contributed by atoms with Crippen LogP contribution in [0.15, 0.2) is 0 Å². The van der Waals surface area contributed by atoms with Crippen molar-refractivity contribution in [1.29, 1.82) is 0 Å². The van der Waals surface area contributed by atoms with Crippen LogP contribution in [0, 0.1) is 0 Å². The summed E-state index contributed by atoms with van der Waals surface area (Å²) in [4.78, 5) is 18.6. The van der Waals surface area contributed by atoms with E-state index < -0.39 is 5.97 Å². The molecule has 0 aliphatic heterocycles. The van der Waals surface area contributed by atoms with E-state index in [4.69, 9.17) is 4.74 Å². The predicted octanol–water partition coefficient (Wildman–Crippen LogP) is 2.97. The van der Waals surface area contributed by atoms with E-state index in [-0.39, 0.29) is 0 Å². The highest BCUT2D eigenvalue weighted by molar-refractivity contribution is 7.17. The Bertz CT molecular complexity index is 471. The first-order valence-electron chi connectivity index (χ1n) is 7.08. The highest BCUT2D eigenvalue weighted by atomic mass is 32.1.